The van der Waals surface area contributed by atoms with Crippen molar-refractivity contribution >= 4 is 22.0 Å². The van der Waals surface area contributed by atoms with Crippen LogP contribution in [0.1, 0.15) is 18.2 Å². The number of pyridine rings is 1. The maximum absolute atomic E-state index is 11.4. The molecule has 1 aromatic rings. The molecule has 2 N–H and O–H groups in total. The van der Waals surface area contributed by atoms with Crippen LogP contribution in [-0.4, -0.2) is 40.7 Å². The topological polar surface area (TPSA) is 65.5 Å². The Hall–Kier alpha value is -1.14. The van der Waals surface area contributed by atoms with Crippen LogP contribution in [0.25, 0.3) is 0 Å². The first-order valence-corrected chi connectivity index (χ1v) is 6.59. The zero-order valence-corrected chi connectivity index (χ0v) is 12.0. The fraction of sp³-hybridized carbons (Fsp3) is 0.500. The monoisotopic (exact) mass is 313 g/mol. The summed E-state index contributed by atoms with van der Waals surface area (Å²) in [6.45, 7) is 5.63. The minimum Gasteiger partial charge on any atom is -0.465 e. The Labute approximate surface area is 114 Å². The van der Waals surface area contributed by atoms with Crippen LogP contribution >= 0.6 is 15.9 Å². The van der Waals surface area contributed by atoms with E-state index >= 15 is 0 Å². The smallest absolute Gasteiger partial charge is 0.408 e. The first-order valence-electron chi connectivity index (χ1n) is 5.79. The van der Waals surface area contributed by atoms with E-state index in [-0.39, 0.29) is 0 Å². The van der Waals surface area contributed by atoms with Crippen LogP contribution in [0.15, 0.2) is 16.7 Å². The Morgan fingerprint density at radius 3 is 2.94 bits per heavy atom. The number of piperazine rings is 1. The zero-order chi connectivity index (χ0) is 13.3. The van der Waals surface area contributed by atoms with Gasteiger partial charge in [0, 0.05) is 25.3 Å². The van der Waals surface area contributed by atoms with Crippen LogP contribution in [-0.2, 0) is 5.54 Å². The molecule has 0 aromatic carbocycles. The van der Waals surface area contributed by atoms with Gasteiger partial charge in [0.05, 0.1) is 5.54 Å². The van der Waals surface area contributed by atoms with E-state index in [2.05, 4.69) is 26.2 Å². The molecule has 0 spiro atoms. The molecular weight excluding hydrogens is 298 g/mol. The number of nitrogens with zero attached hydrogens (tertiary/aromatic N) is 2. The third kappa shape index (κ3) is 2.35. The lowest BCUT2D eigenvalue weighted by molar-refractivity contribution is 0.0651. The molecule has 18 heavy (non-hydrogen) atoms. The van der Waals surface area contributed by atoms with E-state index in [0.29, 0.717) is 19.6 Å². The Morgan fingerprint density at radius 2 is 2.33 bits per heavy atom. The summed E-state index contributed by atoms with van der Waals surface area (Å²) in [6, 6.07) is 3.82. The third-order valence-corrected chi connectivity index (χ3v) is 3.76. The third-order valence-electron chi connectivity index (χ3n) is 3.35. The van der Waals surface area contributed by atoms with Gasteiger partial charge in [-0.1, -0.05) is 0 Å². The number of nitrogens with one attached hydrogen (secondary N) is 1. The highest BCUT2D eigenvalue weighted by Crippen LogP contribution is 2.31. The van der Waals surface area contributed by atoms with Gasteiger partial charge in [-0.25, -0.2) is 9.78 Å². The SMILES string of the molecule is Cc1cc([C@@]2(C)CNCCN2C(=O)O)cc(Br)n1. The molecule has 5 nitrogen and oxygen atoms in total. The second-order valence-electron chi connectivity index (χ2n) is 4.70. The van der Waals surface area contributed by atoms with Gasteiger partial charge < -0.3 is 10.4 Å². The van der Waals surface area contributed by atoms with Crippen molar-refractivity contribution in [1.82, 2.24) is 15.2 Å². The van der Waals surface area contributed by atoms with Crippen LogP contribution < -0.4 is 5.32 Å². The minimum absolute atomic E-state index is 0.491. The van der Waals surface area contributed by atoms with E-state index < -0.39 is 11.6 Å². The maximum Gasteiger partial charge on any atom is 0.408 e. The van der Waals surface area contributed by atoms with Gasteiger partial charge in [0.1, 0.15) is 4.60 Å². The molecule has 1 saturated heterocycles. The summed E-state index contributed by atoms with van der Waals surface area (Å²) in [7, 11) is 0. The molecule has 6 heteroatoms. The summed E-state index contributed by atoms with van der Waals surface area (Å²) >= 11 is 3.36. The fourth-order valence-electron chi connectivity index (χ4n) is 2.37. The number of aryl methyl sites for hydroxylation is 1. The first-order chi connectivity index (χ1) is 8.43. The normalized spacial score (nSPS) is 24.1. The van der Waals surface area contributed by atoms with Crippen molar-refractivity contribution in [2.75, 3.05) is 19.6 Å². The van der Waals surface area contributed by atoms with Gasteiger partial charge in [0.25, 0.3) is 0 Å². The Balaban J connectivity index is 2.46. The van der Waals surface area contributed by atoms with Crippen LogP contribution in [0.4, 0.5) is 4.79 Å². The molecule has 98 valence electrons. The van der Waals surface area contributed by atoms with E-state index in [4.69, 9.17) is 0 Å². The average Bonchev–Trinajstić information content (AvgIpc) is 2.27. The lowest BCUT2D eigenvalue weighted by Crippen LogP contribution is -2.59. The second kappa shape index (κ2) is 4.85. The lowest BCUT2D eigenvalue weighted by atomic mass is 9.89. The summed E-state index contributed by atoms with van der Waals surface area (Å²) in [6.07, 6.45) is -0.885. The number of aromatic nitrogens is 1. The highest BCUT2D eigenvalue weighted by Gasteiger charge is 2.39. The van der Waals surface area contributed by atoms with Crippen molar-refractivity contribution in [2.24, 2.45) is 0 Å². The second-order valence-corrected chi connectivity index (χ2v) is 5.52. The summed E-state index contributed by atoms with van der Waals surface area (Å²) in [5.41, 5.74) is 1.27. The van der Waals surface area contributed by atoms with Gasteiger partial charge >= 0.3 is 6.09 Å². The number of rotatable bonds is 1. The molecule has 1 aliphatic heterocycles. The van der Waals surface area contributed by atoms with Crippen LogP contribution in [0.3, 0.4) is 0 Å². The van der Waals surface area contributed by atoms with Gasteiger partial charge in [0.2, 0.25) is 0 Å². The van der Waals surface area contributed by atoms with E-state index in [1.807, 2.05) is 26.0 Å². The van der Waals surface area contributed by atoms with Crippen molar-refractivity contribution in [2.45, 2.75) is 19.4 Å². The van der Waals surface area contributed by atoms with E-state index in [9.17, 15) is 9.90 Å². The van der Waals surface area contributed by atoms with Gasteiger partial charge in [0.15, 0.2) is 0 Å². The number of carbonyl (C=O) groups is 1. The molecule has 0 radical (unpaired) electrons. The molecule has 1 fully saturated rings. The molecule has 0 saturated carbocycles. The number of amides is 1. The summed E-state index contributed by atoms with van der Waals surface area (Å²) < 4.78 is 0.731. The molecule has 0 unspecified atom stereocenters. The molecule has 0 bridgehead atoms. The van der Waals surface area contributed by atoms with Crippen molar-refractivity contribution in [3.05, 3.63) is 28.0 Å². The quantitative estimate of drug-likeness (QED) is 0.778. The van der Waals surface area contributed by atoms with E-state index in [1.165, 1.54) is 4.90 Å². The zero-order valence-electron chi connectivity index (χ0n) is 10.4. The van der Waals surface area contributed by atoms with Crippen LogP contribution in [0.2, 0.25) is 0 Å². The molecule has 0 aliphatic carbocycles. The van der Waals surface area contributed by atoms with Gasteiger partial charge in [-0.2, -0.15) is 0 Å². The highest BCUT2D eigenvalue weighted by atomic mass is 79.9. The Bertz CT molecular complexity index is 460. The first kappa shape index (κ1) is 13.3. The van der Waals surface area contributed by atoms with Crippen LogP contribution in [0.5, 0.6) is 0 Å². The predicted octanol–water partition coefficient (Wildman–Crippen LogP) is 1.95. The Morgan fingerprint density at radius 1 is 1.61 bits per heavy atom. The molecule has 2 rings (SSSR count). The molecule has 1 aliphatic rings. The molecule has 1 aromatic heterocycles. The van der Waals surface area contributed by atoms with Crippen molar-refractivity contribution in [3.8, 4) is 0 Å². The Kier molecular flexibility index (Phi) is 3.59. The minimum atomic E-state index is -0.885. The lowest BCUT2D eigenvalue weighted by Gasteiger charge is -2.44. The van der Waals surface area contributed by atoms with Gasteiger partial charge in [-0.05, 0) is 47.5 Å². The van der Waals surface area contributed by atoms with E-state index in [0.717, 1.165) is 15.9 Å². The predicted molar refractivity (Wildman–Crippen MR) is 71.6 cm³/mol. The molecule has 1 atom stereocenters. The van der Waals surface area contributed by atoms with Crippen molar-refractivity contribution in [1.29, 1.82) is 0 Å². The summed E-state index contributed by atoms with van der Waals surface area (Å²) in [5.74, 6) is 0. The molecule has 2 heterocycles. The number of halogens is 1. The summed E-state index contributed by atoms with van der Waals surface area (Å²) in [4.78, 5) is 17.1. The van der Waals surface area contributed by atoms with Gasteiger partial charge in [-0.3, -0.25) is 4.90 Å². The van der Waals surface area contributed by atoms with Gasteiger partial charge in [-0.15, -0.1) is 0 Å². The molecular formula is C12H16BrN3O2. The standard InChI is InChI=1S/C12H16BrN3O2/c1-8-5-9(6-10(13)15-8)12(2)7-14-3-4-16(12)11(17)18/h5-6,14H,3-4,7H2,1-2H3,(H,17,18)/t12-/m1/s1. The fourth-order valence-corrected chi connectivity index (χ4v) is 2.89. The van der Waals surface area contributed by atoms with Crippen LogP contribution in [0, 0.1) is 6.92 Å². The van der Waals surface area contributed by atoms with Crippen molar-refractivity contribution in [3.63, 3.8) is 0 Å². The van der Waals surface area contributed by atoms with Crippen molar-refractivity contribution < 1.29 is 9.90 Å². The molecule has 1 amide bonds. The average molecular weight is 314 g/mol. The number of hydrogen-bond acceptors (Lipinski definition) is 3. The van der Waals surface area contributed by atoms with E-state index in [1.54, 1.807) is 0 Å². The number of hydrogen-bond donors (Lipinski definition) is 2. The summed E-state index contributed by atoms with van der Waals surface area (Å²) in [5, 5.41) is 12.6. The maximum atomic E-state index is 11.4. The largest absolute Gasteiger partial charge is 0.465 e. The number of carboxylic acid groups (broad SMARTS) is 1. The highest BCUT2D eigenvalue weighted by molar-refractivity contribution is 9.10.